The van der Waals surface area contributed by atoms with Gasteiger partial charge in [0.15, 0.2) is 11.5 Å². The van der Waals surface area contributed by atoms with Crippen molar-refractivity contribution in [2.45, 2.75) is 49.0 Å². The Hall–Kier alpha value is -1.93. The molecule has 3 aliphatic rings. The fourth-order valence-electron chi connectivity index (χ4n) is 4.37. The molecule has 3 aliphatic heterocycles. The van der Waals surface area contributed by atoms with Crippen molar-refractivity contribution in [2.75, 3.05) is 27.4 Å². The largest absolute Gasteiger partial charge is 0.493 e. The molecule has 28 heavy (non-hydrogen) atoms. The van der Waals surface area contributed by atoms with Gasteiger partial charge in [-0.05, 0) is 32.8 Å². The van der Waals surface area contributed by atoms with Gasteiger partial charge in [0.2, 0.25) is 5.91 Å². The zero-order valence-corrected chi connectivity index (χ0v) is 17.4. The van der Waals surface area contributed by atoms with Crippen molar-refractivity contribution in [2.24, 2.45) is 0 Å². The molecule has 0 aromatic heterocycles. The Labute approximate surface area is 169 Å². The van der Waals surface area contributed by atoms with Crippen molar-refractivity contribution < 1.29 is 23.8 Å². The standard InChI is InChI=1S/C20H26N2O5S/c1-20(2)16(17(23)21-10-11-6-5-9-27-11)22-18(24)14-12(19(22)28-20)7-8-13(25-3)15(14)26-4/h7-8,11,16,19H,5-6,9-10H2,1-4H3,(H,21,23)/t11-,16-,19+/m1/s1. The van der Waals surface area contributed by atoms with Crippen LogP contribution in [0.25, 0.3) is 0 Å². The second-order valence-electron chi connectivity index (χ2n) is 7.83. The van der Waals surface area contributed by atoms with Crippen LogP contribution in [0, 0.1) is 0 Å². The second-order valence-corrected chi connectivity index (χ2v) is 9.57. The number of rotatable bonds is 5. The van der Waals surface area contributed by atoms with E-state index in [-0.39, 0.29) is 23.3 Å². The molecule has 2 saturated heterocycles. The number of benzene rings is 1. The molecule has 0 spiro atoms. The van der Waals surface area contributed by atoms with Gasteiger partial charge in [-0.3, -0.25) is 9.59 Å². The summed E-state index contributed by atoms with van der Waals surface area (Å²) < 4.78 is 16.0. The van der Waals surface area contributed by atoms with Crippen molar-refractivity contribution in [3.05, 3.63) is 23.3 Å². The van der Waals surface area contributed by atoms with Crippen LogP contribution in [0.4, 0.5) is 0 Å². The summed E-state index contributed by atoms with van der Waals surface area (Å²) in [5.41, 5.74) is 1.36. The third-order valence-electron chi connectivity index (χ3n) is 5.67. The predicted molar refractivity (Wildman–Crippen MR) is 106 cm³/mol. The zero-order chi connectivity index (χ0) is 20.1. The maximum Gasteiger partial charge on any atom is 0.260 e. The monoisotopic (exact) mass is 406 g/mol. The van der Waals surface area contributed by atoms with Crippen molar-refractivity contribution in [1.82, 2.24) is 10.2 Å². The molecule has 2 amide bonds. The highest BCUT2D eigenvalue weighted by molar-refractivity contribution is 8.01. The lowest BCUT2D eigenvalue weighted by atomic mass is 10.0. The molecule has 0 unspecified atom stereocenters. The van der Waals surface area contributed by atoms with E-state index < -0.39 is 10.8 Å². The third kappa shape index (κ3) is 2.93. The maximum absolute atomic E-state index is 13.4. The van der Waals surface area contributed by atoms with Gasteiger partial charge >= 0.3 is 0 Å². The van der Waals surface area contributed by atoms with Gasteiger partial charge in [-0.2, -0.15) is 0 Å². The Kier molecular flexibility index (Phi) is 4.95. The minimum Gasteiger partial charge on any atom is -0.493 e. The summed E-state index contributed by atoms with van der Waals surface area (Å²) in [6.45, 7) is 5.25. The van der Waals surface area contributed by atoms with E-state index in [1.165, 1.54) is 7.11 Å². The van der Waals surface area contributed by atoms with Gasteiger partial charge in [-0.25, -0.2) is 0 Å². The van der Waals surface area contributed by atoms with Gasteiger partial charge in [0, 0.05) is 23.5 Å². The summed E-state index contributed by atoms with van der Waals surface area (Å²) in [5, 5.41) is 2.79. The van der Waals surface area contributed by atoms with Crippen LogP contribution < -0.4 is 14.8 Å². The maximum atomic E-state index is 13.4. The molecule has 2 fully saturated rings. The smallest absolute Gasteiger partial charge is 0.260 e. The molecule has 0 saturated carbocycles. The van der Waals surface area contributed by atoms with E-state index in [0.29, 0.717) is 23.6 Å². The number of carbonyl (C=O) groups excluding carboxylic acids is 2. The predicted octanol–water partition coefficient (Wildman–Crippen LogP) is 2.35. The SMILES string of the molecule is COc1ccc2c(c1OC)C(=O)N1[C@H]2SC(C)(C)[C@H]1C(=O)NC[C@H]1CCCO1. The van der Waals surface area contributed by atoms with Crippen LogP contribution in [0.1, 0.15) is 48.0 Å². The van der Waals surface area contributed by atoms with Crippen LogP contribution >= 0.6 is 11.8 Å². The number of hydrogen-bond acceptors (Lipinski definition) is 6. The van der Waals surface area contributed by atoms with E-state index in [2.05, 4.69) is 5.32 Å². The molecule has 0 radical (unpaired) electrons. The lowest BCUT2D eigenvalue weighted by molar-refractivity contribution is -0.126. The molecule has 3 atom stereocenters. The van der Waals surface area contributed by atoms with E-state index in [9.17, 15) is 9.59 Å². The second kappa shape index (κ2) is 7.15. The molecule has 1 aromatic rings. The van der Waals surface area contributed by atoms with E-state index >= 15 is 0 Å². The van der Waals surface area contributed by atoms with Gasteiger partial charge in [0.1, 0.15) is 11.4 Å². The molecular weight excluding hydrogens is 380 g/mol. The Morgan fingerprint density at radius 1 is 1.36 bits per heavy atom. The number of nitrogens with one attached hydrogen (secondary N) is 1. The summed E-state index contributed by atoms with van der Waals surface area (Å²) >= 11 is 1.63. The normalized spacial score (nSPS) is 27.5. The van der Waals surface area contributed by atoms with Gasteiger partial charge in [-0.15, -0.1) is 11.8 Å². The Morgan fingerprint density at radius 2 is 2.14 bits per heavy atom. The van der Waals surface area contributed by atoms with E-state index in [4.69, 9.17) is 14.2 Å². The van der Waals surface area contributed by atoms with Crippen LogP contribution in [0.3, 0.4) is 0 Å². The fraction of sp³-hybridized carbons (Fsp3) is 0.600. The molecular formula is C20H26N2O5S. The molecule has 152 valence electrons. The van der Waals surface area contributed by atoms with Crippen LogP contribution in [-0.4, -0.2) is 61.0 Å². The summed E-state index contributed by atoms with van der Waals surface area (Å²) in [6.07, 6.45) is 2.04. The molecule has 0 aliphatic carbocycles. The highest BCUT2D eigenvalue weighted by Crippen LogP contribution is 2.58. The molecule has 0 bridgehead atoms. The number of thioether (sulfide) groups is 1. The average Bonchev–Trinajstić information content (AvgIpc) is 3.34. The first-order valence-electron chi connectivity index (χ1n) is 9.53. The van der Waals surface area contributed by atoms with Gasteiger partial charge in [0.25, 0.3) is 5.91 Å². The Bertz CT molecular complexity index is 806. The van der Waals surface area contributed by atoms with Gasteiger partial charge in [0.05, 0.1) is 25.9 Å². The molecule has 3 heterocycles. The van der Waals surface area contributed by atoms with E-state index in [1.807, 2.05) is 26.0 Å². The van der Waals surface area contributed by atoms with Gasteiger partial charge in [-0.1, -0.05) is 6.07 Å². The summed E-state index contributed by atoms with van der Waals surface area (Å²) in [5.74, 6) is 0.615. The average molecular weight is 407 g/mol. The van der Waals surface area contributed by atoms with Crippen molar-refractivity contribution >= 4 is 23.6 Å². The Morgan fingerprint density at radius 3 is 2.79 bits per heavy atom. The van der Waals surface area contributed by atoms with Crippen LogP contribution in [0.15, 0.2) is 12.1 Å². The van der Waals surface area contributed by atoms with E-state index in [1.54, 1.807) is 23.8 Å². The van der Waals surface area contributed by atoms with Gasteiger partial charge < -0.3 is 24.4 Å². The number of methoxy groups -OCH3 is 2. The number of amides is 2. The minimum absolute atomic E-state index is 0.0627. The van der Waals surface area contributed by atoms with Crippen LogP contribution in [-0.2, 0) is 9.53 Å². The molecule has 4 rings (SSSR count). The number of hydrogen-bond donors (Lipinski definition) is 1. The van der Waals surface area contributed by atoms with Crippen molar-refractivity contribution in [3.8, 4) is 11.5 Å². The summed E-state index contributed by atoms with van der Waals surface area (Å²) in [6, 6.07) is 3.14. The summed E-state index contributed by atoms with van der Waals surface area (Å²) in [4.78, 5) is 28.2. The molecule has 1 N–H and O–H groups in total. The lowest BCUT2D eigenvalue weighted by Gasteiger charge is -2.30. The highest BCUT2D eigenvalue weighted by Gasteiger charge is 2.58. The van der Waals surface area contributed by atoms with E-state index in [0.717, 1.165) is 25.0 Å². The molecule has 8 heteroatoms. The number of fused-ring (bicyclic) bond motifs is 3. The quantitative estimate of drug-likeness (QED) is 0.809. The van der Waals surface area contributed by atoms with Crippen molar-refractivity contribution in [1.29, 1.82) is 0 Å². The minimum atomic E-state index is -0.570. The van der Waals surface area contributed by atoms with Crippen LogP contribution in [0.2, 0.25) is 0 Å². The first-order chi connectivity index (χ1) is 13.4. The molecule has 1 aromatic carbocycles. The lowest BCUT2D eigenvalue weighted by Crippen LogP contribution is -2.53. The number of ether oxygens (including phenoxy) is 3. The topological polar surface area (TPSA) is 77.1 Å². The fourth-order valence-corrected chi connectivity index (χ4v) is 5.95. The number of nitrogens with zero attached hydrogens (tertiary/aromatic N) is 1. The van der Waals surface area contributed by atoms with Crippen LogP contribution in [0.5, 0.6) is 11.5 Å². The summed E-state index contributed by atoms with van der Waals surface area (Å²) in [7, 11) is 3.07. The Balaban J connectivity index is 1.63. The van der Waals surface area contributed by atoms with Crippen molar-refractivity contribution in [3.63, 3.8) is 0 Å². The third-order valence-corrected chi connectivity index (χ3v) is 7.21. The zero-order valence-electron chi connectivity index (χ0n) is 16.6. The first kappa shape index (κ1) is 19.4. The highest BCUT2D eigenvalue weighted by atomic mass is 32.2. The molecule has 7 nitrogen and oxygen atoms in total. The first-order valence-corrected chi connectivity index (χ1v) is 10.4. The number of carbonyl (C=O) groups is 2.